The van der Waals surface area contributed by atoms with Crippen LogP contribution in [0, 0.1) is 0 Å². The monoisotopic (exact) mass is 428 g/mol. The molecular weight excluding hydrogens is 408 g/mol. The number of hydrogen-bond acceptors (Lipinski definition) is 8. The number of nitrogens with one attached hydrogen (secondary N) is 1. The zero-order valence-electron chi connectivity index (χ0n) is 16.6. The van der Waals surface area contributed by atoms with Crippen LogP contribution in [-0.2, 0) is 9.53 Å². The normalized spacial score (nSPS) is 11.7. The summed E-state index contributed by atoms with van der Waals surface area (Å²) in [5, 5.41) is 2.89. The van der Waals surface area contributed by atoms with E-state index in [9.17, 15) is 4.79 Å². The summed E-state index contributed by atoms with van der Waals surface area (Å²) < 4.78 is 10.5. The third-order valence-electron chi connectivity index (χ3n) is 4.15. The lowest BCUT2D eigenvalue weighted by Gasteiger charge is -2.16. The molecule has 0 aliphatic heterocycles. The second-order valence-corrected chi connectivity index (χ2v) is 6.52. The number of carbonyl (C=O) groups is 1. The molecule has 0 aromatic carbocycles. The largest absolute Gasteiger partial charge is 0.477 e. The molecule has 0 aliphatic rings. The molecule has 1 N–H and O–H groups in total. The number of anilines is 1. The standard InChI is InChI=1S/C20H21ClN6O3/c1-3-30-18-12-22-11-16(25-18)13-4-5-17(24-10-13)27-19(28)14(7-9-29-2)15-6-8-23-20(21)26-15/h4-6,8,10-12,14H,3,7,9H2,1-2H3,(H,24,27,28). The molecule has 1 amide bonds. The maximum atomic E-state index is 12.9. The molecule has 3 rings (SSSR count). The highest BCUT2D eigenvalue weighted by Gasteiger charge is 2.23. The molecule has 3 aromatic rings. The maximum absolute atomic E-state index is 12.9. The van der Waals surface area contributed by atoms with Crippen LogP contribution in [0.15, 0.2) is 43.0 Å². The Morgan fingerprint density at radius 1 is 1.17 bits per heavy atom. The van der Waals surface area contributed by atoms with Crippen molar-refractivity contribution in [1.82, 2.24) is 24.9 Å². The number of halogens is 1. The Kier molecular flexibility index (Phi) is 7.58. The van der Waals surface area contributed by atoms with Crippen LogP contribution in [0.4, 0.5) is 5.82 Å². The average molecular weight is 429 g/mol. The molecule has 10 heteroatoms. The Hall–Kier alpha value is -3.17. The van der Waals surface area contributed by atoms with E-state index in [-0.39, 0.29) is 11.2 Å². The van der Waals surface area contributed by atoms with Crippen LogP contribution >= 0.6 is 11.6 Å². The van der Waals surface area contributed by atoms with Crippen molar-refractivity contribution < 1.29 is 14.3 Å². The summed E-state index contributed by atoms with van der Waals surface area (Å²) in [6.45, 7) is 2.77. The summed E-state index contributed by atoms with van der Waals surface area (Å²) in [5.41, 5.74) is 1.89. The molecule has 1 atom stereocenters. The minimum atomic E-state index is -0.555. The molecule has 1 unspecified atom stereocenters. The smallest absolute Gasteiger partial charge is 0.234 e. The van der Waals surface area contributed by atoms with E-state index in [1.165, 1.54) is 6.20 Å². The van der Waals surface area contributed by atoms with Gasteiger partial charge in [0.05, 0.1) is 36.3 Å². The van der Waals surface area contributed by atoms with Gasteiger partial charge in [0.15, 0.2) is 0 Å². The van der Waals surface area contributed by atoms with Crippen molar-refractivity contribution in [3.05, 3.63) is 54.0 Å². The number of aromatic nitrogens is 5. The molecule has 0 saturated heterocycles. The number of amides is 1. The first-order valence-electron chi connectivity index (χ1n) is 9.30. The van der Waals surface area contributed by atoms with Gasteiger partial charge in [-0.2, -0.15) is 0 Å². The number of rotatable bonds is 9. The van der Waals surface area contributed by atoms with Crippen LogP contribution in [0.25, 0.3) is 11.3 Å². The van der Waals surface area contributed by atoms with Gasteiger partial charge in [0, 0.05) is 31.7 Å². The number of hydrogen-bond donors (Lipinski definition) is 1. The fourth-order valence-corrected chi connectivity index (χ4v) is 2.88. The van der Waals surface area contributed by atoms with Crippen LogP contribution in [-0.4, -0.2) is 51.2 Å². The summed E-state index contributed by atoms with van der Waals surface area (Å²) in [6, 6.07) is 5.16. The third kappa shape index (κ3) is 5.68. The summed E-state index contributed by atoms with van der Waals surface area (Å²) in [6.07, 6.45) is 6.74. The van der Waals surface area contributed by atoms with Gasteiger partial charge in [-0.1, -0.05) is 0 Å². The molecule has 0 saturated carbocycles. The molecule has 156 valence electrons. The molecule has 30 heavy (non-hydrogen) atoms. The van der Waals surface area contributed by atoms with E-state index in [1.54, 1.807) is 43.9 Å². The van der Waals surface area contributed by atoms with Gasteiger partial charge >= 0.3 is 0 Å². The molecule has 9 nitrogen and oxygen atoms in total. The second kappa shape index (κ2) is 10.6. The SMILES string of the molecule is CCOc1cncc(-c2ccc(NC(=O)C(CCOC)c3ccnc(Cl)n3)nc2)n1. The topological polar surface area (TPSA) is 112 Å². The fraction of sp³-hybridized carbons (Fsp3) is 0.300. The Morgan fingerprint density at radius 2 is 2.03 bits per heavy atom. The van der Waals surface area contributed by atoms with E-state index in [0.717, 1.165) is 5.56 Å². The van der Waals surface area contributed by atoms with Crippen LogP contribution in [0.5, 0.6) is 5.88 Å². The van der Waals surface area contributed by atoms with Crippen molar-refractivity contribution in [3.63, 3.8) is 0 Å². The number of pyridine rings is 1. The fourth-order valence-electron chi connectivity index (χ4n) is 2.73. The molecule has 3 heterocycles. The molecule has 0 fully saturated rings. The highest BCUT2D eigenvalue weighted by Crippen LogP contribution is 2.22. The summed E-state index contributed by atoms with van der Waals surface area (Å²) in [4.78, 5) is 33.7. The molecule has 3 aromatic heterocycles. The van der Waals surface area contributed by atoms with E-state index >= 15 is 0 Å². The number of nitrogens with zero attached hydrogens (tertiary/aromatic N) is 5. The maximum Gasteiger partial charge on any atom is 0.234 e. The van der Waals surface area contributed by atoms with Crippen molar-refractivity contribution in [2.75, 3.05) is 25.6 Å². The summed E-state index contributed by atoms with van der Waals surface area (Å²) in [5.74, 6) is 0.0259. The van der Waals surface area contributed by atoms with Gasteiger partial charge in [-0.15, -0.1) is 0 Å². The van der Waals surface area contributed by atoms with Crippen LogP contribution in [0.2, 0.25) is 5.28 Å². The zero-order chi connectivity index (χ0) is 21.3. The predicted molar refractivity (Wildman–Crippen MR) is 111 cm³/mol. The van der Waals surface area contributed by atoms with Gasteiger partial charge in [0.25, 0.3) is 0 Å². The second-order valence-electron chi connectivity index (χ2n) is 6.18. The van der Waals surface area contributed by atoms with Crippen LogP contribution in [0.3, 0.4) is 0 Å². The summed E-state index contributed by atoms with van der Waals surface area (Å²) in [7, 11) is 1.58. The third-order valence-corrected chi connectivity index (χ3v) is 4.33. The van der Waals surface area contributed by atoms with Gasteiger partial charge in [-0.3, -0.25) is 9.78 Å². The molecule has 0 spiro atoms. The van der Waals surface area contributed by atoms with Gasteiger partial charge in [0.2, 0.25) is 17.1 Å². The van der Waals surface area contributed by atoms with Gasteiger partial charge in [-0.05, 0) is 43.1 Å². The number of carbonyl (C=O) groups excluding carboxylic acids is 1. The first-order valence-corrected chi connectivity index (χ1v) is 9.68. The van der Waals surface area contributed by atoms with Crippen molar-refractivity contribution >= 4 is 23.3 Å². The van der Waals surface area contributed by atoms with Crippen molar-refractivity contribution in [1.29, 1.82) is 0 Å². The highest BCUT2D eigenvalue weighted by atomic mass is 35.5. The van der Waals surface area contributed by atoms with Crippen LogP contribution < -0.4 is 10.1 Å². The Labute approximate surface area is 178 Å². The first-order chi connectivity index (χ1) is 14.6. The van der Waals surface area contributed by atoms with E-state index in [4.69, 9.17) is 21.1 Å². The van der Waals surface area contributed by atoms with Crippen molar-refractivity contribution in [2.24, 2.45) is 0 Å². The molecular formula is C20H21ClN6O3. The number of ether oxygens (including phenoxy) is 2. The van der Waals surface area contributed by atoms with E-state index in [0.29, 0.717) is 42.7 Å². The van der Waals surface area contributed by atoms with E-state index in [1.807, 2.05) is 6.92 Å². The average Bonchev–Trinajstić information content (AvgIpc) is 2.75. The number of methoxy groups -OCH3 is 1. The molecule has 0 bridgehead atoms. The quantitative estimate of drug-likeness (QED) is 0.517. The van der Waals surface area contributed by atoms with Gasteiger partial charge in [-0.25, -0.2) is 19.9 Å². The Balaban J connectivity index is 1.74. The van der Waals surface area contributed by atoms with Gasteiger partial charge in [0.1, 0.15) is 5.82 Å². The predicted octanol–water partition coefficient (Wildman–Crippen LogP) is 3.14. The zero-order valence-corrected chi connectivity index (χ0v) is 17.3. The van der Waals surface area contributed by atoms with E-state index < -0.39 is 5.92 Å². The van der Waals surface area contributed by atoms with Crippen molar-refractivity contribution in [3.8, 4) is 17.1 Å². The Bertz CT molecular complexity index is 986. The Morgan fingerprint density at radius 3 is 2.73 bits per heavy atom. The van der Waals surface area contributed by atoms with Crippen LogP contribution in [0.1, 0.15) is 25.0 Å². The van der Waals surface area contributed by atoms with E-state index in [2.05, 4.69) is 30.2 Å². The first kappa shape index (κ1) is 21.5. The minimum Gasteiger partial charge on any atom is -0.477 e. The lowest BCUT2D eigenvalue weighted by atomic mass is 10.0. The molecule has 0 aliphatic carbocycles. The lowest BCUT2D eigenvalue weighted by Crippen LogP contribution is -2.24. The van der Waals surface area contributed by atoms with Crippen molar-refractivity contribution in [2.45, 2.75) is 19.3 Å². The molecule has 0 radical (unpaired) electrons. The lowest BCUT2D eigenvalue weighted by molar-refractivity contribution is -0.118. The highest BCUT2D eigenvalue weighted by molar-refractivity contribution is 6.28. The summed E-state index contributed by atoms with van der Waals surface area (Å²) >= 11 is 5.88. The minimum absolute atomic E-state index is 0.0839. The van der Waals surface area contributed by atoms with Gasteiger partial charge < -0.3 is 14.8 Å².